The van der Waals surface area contributed by atoms with Crippen LogP contribution in [0.5, 0.6) is 0 Å². The summed E-state index contributed by atoms with van der Waals surface area (Å²) in [7, 11) is 0. The summed E-state index contributed by atoms with van der Waals surface area (Å²) in [6, 6.07) is 8.72. The van der Waals surface area contributed by atoms with E-state index in [2.05, 4.69) is 20.3 Å². The molecule has 1 aromatic carbocycles. The maximum Gasteiger partial charge on any atom is 0.274 e. The average molecular weight is 302 g/mol. The van der Waals surface area contributed by atoms with Crippen molar-refractivity contribution in [1.82, 2.24) is 15.0 Å². The zero-order valence-electron chi connectivity index (χ0n) is 11.1. The molecule has 3 aromatic rings. The summed E-state index contributed by atoms with van der Waals surface area (Å²) in [4.78, 5) is 23.3. The van der Waals surface area contributed by atoms with Crippen LogP contribution < -0.4 is 11.1 Å². The molecule has 2 heterocycles. The van der Waals surface area contributed by atoms with Gasteiger partial charge >= 0.3 is 0 Å². The van der Waals surface area contributed by atoms with Gasteiger partial charge in [-0.25, -0.2) is 9.97 Å². The van der Waals surface area contributed by atoms with Gasteiger partial charge in [-0.2, -0.15) is 0 Å². The highest BCUT2D eigenvalue weighted by Gasteiger charge is 2.12. The minimum absolute atomic E-state index is 0.170. The second kappa shape index (κ2) is 5.06. The summed E-state index contributed by atoms with van der Waals surface area (Å²) < 4.78 is 0. The van der Waals surface area contributed by atoms with E-state index >= 15 is 0 Å². The molecule has 2 aromatic heterocycles. The normalized spacial score (nSPS) is 10.8. The van der Waals surface area contributed by atoms with E-state index in [4.69, 9.17) is 17.3 Å². The van der Waals surface area contributed by atoms with Gasteiger partial charge < -0.3 is 10.7 Å². The number of amides is 1. The van der Waals surface area contributed by atoms with E-state index in [0.717, 1.165) is 10.9 Å². The van der Waals surface area contributed by atoms with Crippen molar-refractivity contribution in [1.29, 1.82) is 0 Å². The number of anilines is 2. The topological polar surface area (TPSA) is 96.7 Å². The molecule has 106 valence electrons. The summed E-state index contributed by atoms with van der Waals surface area (Å²) in [6.45, 7) is 1.77. The van der Waals surface area contributed by atoms with Crippen LogP contribution in [0.25, 0.3) is 10.9 Å². The molecule has 0 aliphatic rings. The molecule has 3 rings (SSSR count). The third kappa shape index (κ3) is 2.80. The number of carbonyl (C=O) groups is 1. The zero-order chi connectivity index (χ0) is 15.0. The SMILES string of the molecule is Cc1cc(Cl)nc(NC(=O)c2cc3cc(N)ccc3[nH]2)n1. The average Bonchev–Trinajstić information content (AvgIpc) is 2.80. The number of nitrogen functional groups attached to an aromatic ring is 1. The number of hydrogen-bond acceptors (Lipinski definition) is 4. The number of rotatable bonds is 2. The number of nitrogens with zero attached hydrogens (tertiary/aromatic N) is 2. The number of carbonyl (C=O) groups excluding carboxylic acids is 1. The van der Waals surface area contributed by atoms with E-state index < -0.39 is 0 Å². The number of nitrogens with one attached hydrogen (secondary N) is 2. The van der Waals surface area contributed by atoms with E-state index in [9.17, 15) is 4.79 Å². The van der Waals surface area contributed by atoms with E-state index in [-0.39, 0.29) is 17.0 Å². The summed E-state index contributed by atoms with van der Waals surface area (Å²) in [6.07, 6.45) is 0. The van der Waals surface area contributed by atoms with Crippen molar-refractivity contribution in [3.05, 3.63) is 46.9 Å². The van der Waals surface area contributed by atoms with E-state index in [1.807, 2.05) is 6.07 Å². The number of benzene rings is 1. The molecule has 0 atom stereocenters. The lowest BCUT2D eigenvalue weighted by atomic mass is 10.2. The first kappa shape index (κ1) is 13.4. The monoisotopic (exact) mass is 301 g/mol. The predicted molar refractivity (Wildman–Crippen MR) is 82.4 cm³/mol. The lowest BCUT2D eigenvalue weighted by Gasteiger charge is -2.03. The minimum Gasteiger partial charge on any atom is -0.399 e. The highest BCUT2D eigenvalue weighted by atomic mass is 35.5. The van der Waals surface area contributed by atoms with Crippen molar-refractivity contribution >= 4 is 40.0 Å². The molecule has 0 radical (unpaired) electrons. The van der Waals surface area contributed by atoms with Crippen LogP contribution in [0.15, 0.2) is 30.3 Å². The number of aromatic nitrogens is 3. The Labute approximate surface area is 125 Å². The van der Waals surface area contributed by atoms with Crippen molar-refractivity contribution in [2.75, 3.05) is 11.1 Å². The first-order valence-corrected chi connectivity index (χ1v) is 6.60. The molecule has 1 amide bonds. The molecule has 4 N–H and O–H groups in total. The van der Waals surface area contributed by atoms with Gasteiger partial charge in [0, 0.05) is 22.3 Å². The summed E-state index contributed by atoms with van der Waals surface area (Å²) in [5.74, 6) is -0.172. The maximum absolute atomic E-state index is 12.2. The fraction of sp³-hybridized carbons (Fsp3) is 0.0714. The Morgan fingerprint density at radius 2 is 2.10 bits per heavy atom. The Hall–Kier alpha value is -2.60. The minimum atomic E-state index is -0.341. The second-order valence-corrected chi connectivity index (χ2v) is 5.03. The van der Waals surface area contributed by atoms with Crippen molar-refractivity contribution in [3.63, 3.8) is 0 Å². The number of H-pyrrole nitrogens is 1. The molecular weight excluding hydrogens is 290 g/mol. The van der Waals surface area contributed by atoms with Gasteiger partial charge in [0.1, 0.15) is 10.8 Å². The van der Waals surface area contributed by atoms with Crippen LogP contribution in [0.1, 0.15) is 16.2 Å². The Bertz CT molecular complexity index is 822. The van der Waals surface area contributed by atoms with Gasteiger partial charge in [-0.3, -0.25) is 10.1 Å². The van der Waals surface area contributed by atoms with E-state index in [1.165, 1.54) is 0 Å². The van der Waals surface area contributed by atoms with Crippen LogP contribution in [0.3, 0.4) is 0 Å². The number of aromatic amines is 1. The summed E-state index contributed by atoms with van der Waals surface area (Å²) in [5.41, 5.74) is 8.26. The number of hydrogen-bond donors (Lipinski definition) is 3. The van der Waals surface area contributed by atoms with Crippen molar-refractivity contribution in [3.8, 4) is 0 Å². The molecule has 0 bridgehead atoms. The molecule has 0 unspecified atom stereocenters. The number of fused-ring (bicyclic) bond motifs is 1. The summed E-state index contributed by atoms with van der Waals surface area (Å²) >= 11 is 5.84. The third-order valence-electron chi connectivity index (χ3n) is 2.94. The molecule has 0 fully saturated rings. The van der Waals surface area contributed by atoms with E-state index in [1.54, 1.807) is 31.2 Å². The molecule has 0 aliphatic carbocycles. The fourth-order valence-electron chi connectivity index (χ4n) is 2.03. The van der Waals surface area contributed by atoms with Crippen LogP contribution in [-0.2, 0) is 0 Å². The predicted octanol–water partition coefficient (Wildman–Crippen LogP) is 2.75. The third-order valence-corrected chi connectivity index (χ3v) is 3.13. The number of nitrogens with two attached hydrogens (primary N) is 1. The first-order valence-electron chi connectivity index (χ1n) is 6.22. The Kier molecular flexibility index (Phi) is 3.23. The van der Waals surface area contributed by atoms with Gasteiger partial charge in [0.25, 0.3) is 5.91 Å². The van der Waals surface area contributed by atoms with Crippen molar-refractivity contribution in [2.45, 2.75) is 6.92 Å². The lowest BCUT2D eigenvalue weighted by molar-refractivity contribution is 0.102. The molecule has 21 heavy (non-hydrogen) atoms. The Morgan fingerprint density at radius 1 is 1.29 bits per heavy atom. The molecule has 0 spiro atoms. The molecule has 7 heteroatoms. The van der Waals surface area contributed by atoms with Crippen LogP contribution in [0.4, 0.5) is 11.6 Å². The highest BCUT2D eigenvalue weighted by Crippen LogP contribution is 2.19. The number of aryl methyl sites for hydroxylation is 1. The molecule has 0 aliphatic heterocycles. The smallest absolute Gasteiger partial charge is 0.274 e. The van der Waals surface area contributed by atoms with Crippen LogP contribution in [0.2, 0.25) is 5.15 Å². The van der Waals surface area contributed by atoms with Gasteiger partial charge in [0.05, 0.1) is 0 Å². The Morgan fingerprint density at radius 3 is 2.86 bits per heavy atom. The second-order valence-electron chi connectivity index (χ2n) is 4.64. The molecule has 0 saturated heterocycles. The van der Waals surface area contributed by atoms with Gasteiger partial charge in [0.2, 0.25) is 5.95 Å². The Balaban J connectivity index is 1.89. The highest BCUT2D eigenvalue weighted by molar-refractivity contribution is 6.29. The molecular formula is C14H12ClN5O. The zero-order valence-corrected chi connectivity index (χ0v) is 11.9. The quantitative estimate of drug-likeness (QED) is 0.501. The van der Waals surface area contributed by atoms with Gasteiger partial charge in [0.15, 0.2) is 0 Å². The van der Waals surface area contributed by atoms with Crippen molar-refractivity contribution in [2.24, 2.45) is 0 Å². The first-order chi connectivity index (χ1) is 10.0. The van der Waals surface area contributed by atoms with Crippen LogP contribution in [-0.4, -0.2) is 20.9 Å². The van der Waals surface area contributed by atoms with Crippen LogP contribution >= 0.6 is 11.6 Å². The van der Waals surface area contributed by atoms with Crippen molar-refractivity contribution < 1.29 is 4.79 Å². The largest absolute Gasteiger partial charge is 0.399 e. The van der Waals surface area contributed by atoms with Crippen LogP contribution in [0, 0.1) is 6.92 Å². The summed E-state index contributed by atoms with van der Waals surface area (Å²) in [5, 5.41) is 3.75. The standard InChI is InChI=1S/C14H12ClN5O/c1-7-4-12(15)19-14(17-7)20-13(21)11-6-8-5-9(16)2-3-10(8)18-11/h2-6,18H,16H2,1H3,(H,17,19,20,21). The fourth-order valence-corrected chi connectivity index (χ4v) is 2.27. The van der Waals surface area contributed by atoms with Gasteiger partial charge in [-0.1, -0.05) is 11.6 Å². The molecule has 0 saturated carbocycles. The molecule has 6 nitrogen and oxygen atoms in total. The lowest BCUT2D eigenvalue weighted by Crippen LogP contribution is -2.14. The van der Waals surface area contributed by atoms with Gasteiger partial charge in [-0.15, -0.1) is 0 Å². The van der Waals surface area contributed by atoms with Gasteiger partial charge in [-0.05, 0) is 37.3 Å². The number of halogens is 1. The van der Waals surface area contributed by atoms with E-state index in [0.29, 0.717) is 17.1 Å². The maximum atomic E-state index is 12.2.